The zero-order valence-electron chi connectivity index (χ0n) is 26.1. The molecule has 0 spiro atoms. The average molecular weight is 881 g/mol. The van der Waals surface area contributed by atoms with Crippen LogP contribution >= 0.6 is 69.9 Å². The molecule has 0 bridgehead atoms. The zero-order chi connectivity index (χ0) is 34.0. The molecule has 2 saturated carbocycles. The first-order valence-corrected chi connectivity index (χ1v) is 20.2. The van der Waals surface area contributed by atoms with Gasteiger partial charge in [-0.3, -0.25) is 0 Å². The van der Waals surface area contributed by atoms with Gasteiger partial charge in [0.25, 0.3) is 0 Å². The van der Waals surface area contributed by atoms with Gasteiger partial charge >= 0.3 is 3.18 Å². The van der Waals surface area contributed by atoms with E-state index in [4.69, 9.17) is 19.4 Å². The van der Waals surface area contributed by atoms with Crippen LogP contribution in [0, 0.1) is 0 Å². The molecule has 9 rings (SSSR count). The Morgan fingerprint density at radius 2 is 1.06 bits per heavy atom. The Labute approximate surface area is 318 Å². The molecule has 1 aliphatic heterocycles. The SMILES string of the molecule is BrB(Br)Br.Oc1ccc(-c2csc(C3(c4ccccc4)CC3)n2)cc1O.c1ccc(C2(c3nc(-c4ccc5c(c4)OCO5)cs3)CC2)cc1. The fourth-order valence-electron chi connectivity index (χ4n) is 6.01. The lowest BCUT2D eigenvalue weighted by molar-refractivity contribution is 0.174. The highest BCUT2D eigenvalue weighted by atomic mass is 79.9. The molecule has 49 heavy (non-hydrogen) atoms. The summed E-state index contributed by atoms with van der Waals surface area (Å²) in [6.45, 7) is 0.304. The predicted molar refractivity (Wildman–Crippen MR) is 210 cm³/mol. The topological polar surface area (TPSA) is 84.7 Å². The second-order valence-electron chi connectivity index (χ2n) is 12.0. The van der Waals surface area contributed by atoms with Gasteiger partial charge in [-0.05, 0) is 73.2 Å². The maximum atomic E-state index is 9.64. The van der Waals surface area contributed by atoms with Crippen LogP contribution in [-0.4, -0.2) is 30.2 Å². The molecule has 0 atom stereocenters. The highest BCUT2D eigenvalue weighted by Crippen LogP contribution is 2.55. The Kier molecular flexibility index (Phi) is 10.2. The summed E-state index contributed by atoms with van der Waals surface area (Å²) in [6, 6.07) is 32.1. The van der Waals surface area contributed by atoms with Gasteiger partial charge in [-0.25, -0.2) is 9.97 Å². The first kappa shape index (κ1) is 34.3. The number of ether oxygens (including phenoxy) is 2. The van der Waals surface area contributed by atoms with Gasteiger partial charge in [0, 0.05) is 32.7 Å². The monoisotopic (exact) mass is 878 g/mol. The molecule has 6 nitrogen and oxygen atoms in total. The molecule has 248 valence electrons. The molecule has 2 aromatic heterocycles. The minimum atomic E-state index is -0.115. The fraction of sp³-hybridized carbons (Fsp3) is 0.189. The second kappa shape index (κ2) is 14.6. The van der Waals surface area contributed by atoms with Crippen LogP contribution in [0.2, 0.25) is 0 Å². The number of rotatable bonds is 6. The lowest BCUT2D eigenvalue weighted by atomic mass is 9.97. The van der Waals surface area contributed by atoms with E-state index in [2.05, 4.69) is 113 Å². The molecule has 2 aliphatic carbocycles. The van der Waals surface area contributed by atoms with E-state index in [1.165, 1.54) is 35.0 Å². The molecule has 0 unspecified atom stereocenters. The van der Waals surface area contributed by atoms with Crippen LogP contribution in [0.4, 0.5) is 0 Å². The first-order valence-electron chi connectivity index (χ1n) is 15.7. The highest BCUT2D eigenvalue weighted by molar-refractivity contribution is 9.69. The van der Waals surface area contributed by atoms with Crippen molar-refractivity contribution < 1.29 is 19.7 Å². The second-order valence-corrected chi connectivity index (χ2v) is 20.1. The fourth-order valence-corrected chi connectivity index (χ4v) is 8.23. The van der Waals surface area contributed by atoms with Crippen molar-refractivity contribution >= 4 is 73.1 Å². The van der Waals surface area contributed by atoms with Crippen LogP contribution in [-0.2, 0) is 10.8 Å². The Morgan fingerprint density at radius 1 is 0.592 bits per heavy atom. The number of benzene rings is 4. The lowest BCUT2D eigenvalue weighted by Gasteiger charge is -2.12. The number of hydrogen-bond acceptors (Lipinski definition) is 8. The van der Waals surface area contributed by atoms with Gasteiger partial charge in [0.05, 0.1) is 11.4 Å². The van der Waals surface area contributed by atoms with Gasteiger partial charge in [0.1, 0.15) is 10.0 Å². The van der Waals surface area contributed by atoms with E-state index in [1.54, 1.807) is 34.8 Å². The normalized spacial score (nSPS) is 15.7. The number of phenols is 2. The third kappa shape index (κ3) is 7.49. The molecule has 2 fully saturated rings. The number of nitrogens with zero attached hydrogens (tertiary/aromatic N) is 2. The summed E-state index contributed by atoms with van der Waals surface area (Å²) in [4.78, 5) is 9.73. The van der Waals surface area contributed by atoms with E-state index >= 15 is 0 Å². The number of fused-ring (bicyclic) bond motifs is 1. The first-order chi connectivity index (χ1) is 23.8. The predicted octanol–water partition coefficient (Wildman–Crippen LogP) is 11.1. The van der Waals surface area contributed by atoms with Crippen molar-refractivity contribution in [3.63, 3.8) is 0 Å². The molecule has 0 saturated heterocycles. The number of thiazole rings is 2. The summed E-state index contributed by atoms with van der Waals surface area (Å²) < 4.78 is 11.1. The van der Waals surface area contributed by atoms with Gasteiger partial charge in [-0.1, -0.05) is 60.7 Å². The van der Waals surface area contributed by atoms with E-state index < -0.39 is 0 Å². The van der Waals surface area contributed by atoms with Crippen molar-refractivity contribution in [2.24, 2.45) is 0 Å². The Balaban J connectivity index is 0.000000140. The van der Waals surface area contributed by atoms with E-state index in [-0.39, 0.29) is 25.5 Å². The van der Waals surface area contributed by atoms with E-state index in [0.29, 0.717) is 6.79 Å². The Hall–Kier alpha value is -3.16. The van der Waals surface area contributed by atoms with Gasteiger partial charge in [-0.15, -0.1) is 69.9 Å². The average Bonchev–Trinajstić information content (AvgIpc) is 3.89. The van der Waals surface area contributed by atoms with Crippen LogP contribution in [0.3, 0.4) is 0 Å². The number of aromatic nitrogens is 2. The third-order valence-electron chi connectivity index (χ3n) is 8.92. The Morgan fingerprint density at radius 3 is 1.55 bits per heavy atom. The van der Waals surface area contributed by atoms with Crippen LogP contribution in [0.15, 0.2) is 108 Å². The summed E-state index contributed by atoms with van der Waals surface area (Å²) in [6.07, 6.45) is 4.63. The van der Waals surface area contributed by atoms with Crippen LogP contribution in [0.1, 0.15) is 46.8 Å². The van der Waals surface area contributed by atoms with Gasteiger partial charge in [0.2, 0.25) is 6.79 Å². The van der Waals surface area contributed by atoms with Crippen molar-refractivity contribution in [3.8, 4) is 45.5 Å². The van der Waals surface area contributed by atoms with E-state index in [1.807, 2.05) is 23.6 Å². The lowest BCUT2D eigenvalue weighted by Crippen LogP contribution is -2.07. The number of halogens is 3. The van der Waals surface area contributed by atoms with Gasteiger partial charge in [-0.2, -0.15) is 0 Å². The summed E-state index contributed by atoms with van der Waals surface area (Å²) in [5, 5.41) is 25.6. The quantitative estimate of drug-likeness (QED) is 0.128. The standard InChI is InChI=1S/C19H15NO2S.C18H15NO2S.BBr3/c1-2-4-14(5-3-1)19(8-9-19)18-20-15(11-23-18)13-6-7-16-17(10-13)22-12-21-16;20-15-7-6-12(10-16(15)21)14-11-22-17(19-14)18(8-9-18)13-4-2-1-3-5-13;2-1(3)4/h1-7,10-11H,8-9,12H2;1-7,10-11,20-21H,8-9H2;. The zero-order valence-corrected chi connectivity index (χ0v) is 32.5. The maximum Gasteiger partial charge on any atom is 0.369 e. The molecule has 6 aromatic rings. The summed E-state index contributed by atoms with van der Waals surface area (Å²) >= 11 is 12.7. The minimum absolute atomic E-state index is 0.0726. The molecule has 3 heterocycles. The van der Waals surface area contributed by atoms with E-state index in [9.17, 15) is 10.2 Å². The third-order valence-corrected chi connectivity index (χ3v) is 11.0. The molecule has 3 aliphatic rings. The van der Waals surface area contributed by atoms with E-state index in [0.717, 1.165) is 51.9 Å². The van der Waals surface area contributed by atoms with Gasteiger partial charge < -0.3 is 19.7 Å². The van der Waals surface area contributed by atoms with Crippen molar-refractivity contribution in [2.75, 3.05) is 6.79 Å². The molecular weight excluding hydrogens is 851 g/mol. The Bertz CT molecular complexity index is 2050. The van der Waals surface area contributed by atoms with Crippen molar-refractivity contribution in [1.29, 1.82) is 0 Å². The highest BCUT2D eigenvalue weighted by Gasteiger charge is 2.49. The summed E-state index contributed by atoms with van der Waals surface area (Å²) in [7, 11) is 0. The van der Waals surface area contributed by atoms with Crippen molar-refractivity contribution in [1.82, 2.24) is 9.97 Å². The smallest absolute Gasteiger partial charge is 0.369 e. The number of hydrogen-bond donors (Lipinski definition) is 2. The van der Waals surface area contributed by atoms with Crippen molar-refractivity contribution in [3.05, 3.63) is 129 Å². The van der Waals surface area contributed by atoms with Crippen LogP contribution < -0.4 is 9.47 Å². The molecule has 0 radical (unpaired) electrons. The summed E-state index contributed by atoms with van der Waals surface area (Å²) in [5.41, 5.74) is 6.69. The van der Waals surface area contributed by atoms with Crippen LogP contribution in [0.5, 0.6) is 23.0 Å². The van der Waals surface area contributed by atoms with Crippen LogP contribution in [0.25, 0.3) is 22.5 Å². The minimum Gasteiger partial charge on any atom is -0.504 e. The number of phenolic OH excluding ortho intramolecular Hbond substituents is 2. The molecule has 2 N–H and O–H groups in total. The molecule has 0 amide bonds. The molecule has 12 heteroatoms. The summed E-state index contributed by atoms with van der Waals surface area (Å²) in [5.74, 6) is 1.40. The van der Waals surface area contributed by atoms with Gasteiger partial charge in [0.15, 0.2) is 23.0 Å². The molecular formula is C37H30BBr3N2O4S2. The number of aromatic hydroxyl groups is 2. The largest absolute Gasteiger partial charge is 0.504 e. The molecule has 4 aromatic carbocycles. The van der Waals surface area contributed by atoms with Crippen molar-refractivity contribution in [2.45, 2.75) is 36.5 Å². The maximum absolute atomic E-state index is 9.64.